The zero-order valence-corrected chi connectivity index (χ0v) is 8.34. The van der Waals surface area contributed by atoms with Crippen LogP contribution in [0.5, 0.6) is 5.75 Å². The van der Waals surface area contributed by atoms with Crippen molar-refractivity contribution in [1.29, 1.82) is 0 Å². The van der Waals surface area contributed by atoms with E-state index in [1.807, 2.05) is 7.05 Å². The molecular formula is C12H11NO2. The lowest BCUT2D eigenvalue weighted by molar-refractivity contribution is 0.103. The number of hydrogen-bond donors (Lipinski definition) is 1. The van der Waals surface area contributed by atoms with Crippen LogP contribution in [0.1, 0.15) is 15.9 Å². The number of hydrogen-bond acceptors (Lipinski definition) is 2. The van der Waals surface area contributed by atoms with Crippen molar-refractivity contribution in [2.45, 2.75) is 0 Å². The molecule has 0 atom stereocenters. The molecule has 0 aliphatic heterocycles. The quantitative estimate of drug-likeness (QED) is 0.755. The van der Waals surface area contributed by atoms with Gasteiger partial charge in [-0.05, 0) is 18.2 Å². The first-order chi connectivity index (χ1) is 7.18. The van der Waals surface area contributed by atoms with Crippen LogP contribution in [-0.4, -0.2) is 15.5 Å². The van der Waals surface area contributed by atoms with Gasteiger partial charge < -0.3 is 9.67 Å². The van der Waals surface area contributed by atoms with Crippen LogP contribution in [0.25, 0.3) is 0 Å². The standard InChI is InChI=1S/C12H11NO2/c1-13-7-6-9(8-13)12(15)10-4-2-3-5-11(10)14/h2-8,14H,1H3. The number of phenolic OH excluding ortho intramolecular Hbond substituents is 1. The number of aryl methyl sites for hydroxylation is 1. The number of carbonyl (C=O) groups excluding carboxylic acids is 1. The first-order valence-corrected chi connectivity index (χ1v) is 4.63. The van der Waals surface area contributed by atoms with Crippen LogP contribution in [0, 0.1) is 0 Å². The van der Waals surface area contributed by atoms with Gasteiger partial charge in [-0.15, -0.1) is 0 Å². The largest absolute Gasteiger partial charge is 0.507 e. The predicted octanol–water partition coefficient (Wildman–Crippen LogP) is 1.96. The van der Waals surface area contributed by atoms with E-state index in [1.54, 1.807) is 41.2 Å². The van der Waals surface area contributed by atoms with Crippen LogP contribution >= 0.6 is 0 Å². The summed E-state index contributed by atoms with van der Waals surface area (Å²) in [7, 11) is 1.85. The van der Waals surface area contributed by atoms with E-state index in [0.29, 0.717) is 11.1 Å². The van der Waals surface area contributed by atoms with Crippen molar-refractivity contribution < 1.29 is 9.90 Å². The maximum Gasteiger partial charge on any atom is 0.198 e. The Hall–Kier alpha value is -2.03. The average molecular weight is 201 g/mol. The van der Waals surface area contributed by atoms with Gasteiger partial charge in [0.2, 0.25) is 0 Å². The lowest BCUT2D eigenvalue weighted by Crippen LogP contribution is -2.00. The number of benzene rings is 1. The van der Waals surface area contributed by atoms with Gasteiger partial charge in [0.15, 0.2) is 5.78 Å². The van der Waals surface area contributed by atoms with Gasteiger partial charge in [0.05, 0.1) is 5.56 Å². The first-order valence-electron chi connectivity index (χ1n) is 4.63. The highest BCUT2D eigenvalue weighted by molar-refractivity contribution is 6.10. The number of ketones is 1. The van der Waals surface area contributed by atoms with Crippen LogP contribution in [-0.2, 0) is 7.05 Å². The van der Waals surface area contributed by atoms with Crippen molar-refractivity contribution in [1.82, 2.24) is 4.57 Å². The van der Waals surface area contributed by atoms with E-state index in [0.717, 1.165) is 0 Å². The third-order valence-electron chi connectivity index (χ3n) is 2.24. The van der Waals surface area contributed by atoms with E-state index in [-0.39, 0.29) is 11.5 Å². The summed E-state index contributed by atoms with van der Waals surface area (Å²) in [4.78, 5) is 11.9. The van der Waals surface area contributed by atoms with Gasteiger partial charge in [-0.1, -0.05) is 12.1 Å². The highest BCUT2D eigenvalue weighted by Gasteiger charge is 2.13. The van der Waals surface area contributed by atoms with Crippen molar-refractivity contribution in [2.24, 2.45) is 7.05 Å². The molecule has 2 aromatic rings. The minimum atomic E-state index is -0.159. The number of nitrogens with zero attached hydrogens (tertiary/aromatic N) is 1. The Morgan fingerprint density at radius 1 is 1.27 bits per heavy atom. The number of aromatic hydroxyl groups is 1. The fourth-order valence-corrected chi connectivity index (χ4v) is 1.46. The Morgan fingerprint density at radius 3 is 2.60 bits per heavy atom. The highest BCUT2D eigenvalue weighted by atomic mass is 16.3. The molecule has 0 bridgehead atoms. The van der Waals surface area contributed by atoms with Gasteiger partial charge in [0, 0.05) is 25.0 Å². The predicted molar refractivity (Wildman–Crippen MR) is 57.0 cm³/mol. The summed E-state index contributed by atoms with van der Waals surface area (Å²) < 4.78 is 1.80. The van der Waals surface area contributed by atoms with Gasteiger partial charge >= 0.3 is 0 Å². The fraction of sp³-hybridized carbons (Fsp3) is 0.0833. The van der Waals surface area contributed by atoms with E-state index in [9.17, 15) is 9.90 Å². The molecule has 0 unspecified atom stereocenters. The molecule has 2 rings (SSSR count). The zero-order chi connectivity index (χ0) is 10.8. The number of phenols is 1. The molecule has 0 saturated carbocycles. The van der Waals surface area contributed by atoms with Gasteiger partial charge in [0.25, 0.3) is 0 Å². The summed E-state index contributed by atoms with van der Waals surface area (Å²) in [5.41, 5.74) is 0.919. The van der Waals surface area contributed by atoms with Gasteiger partial charge in [0.1, 0.15) is 5.75 Å². The van der Waals surface area contributed by atoms with Crippen LogP contribution < -0.4 is 0 Å². The molecule has 76 valence electrons. The molecule has 3 nitrogen and oxygen atoms in total. The Labute approximate surface area is 87.6 Å². The SMILES string of the molecule is Cn1ccc(C(=O)c2ccccc2O)c1. The third-order valence-corrected chi connectivity index (χ3v) is 2.24. The lowest BCUT2D eigenvalue weighted by atomic mass is 10.1. The van der Waals surface area contributed by atoms with Gasteiger partial charge in [-0.25, -0.2) is 0 Å². The molecule has 1 heterocycles. The molecule has 1 aromatic carbocycles. The van der Waals surface area contributed by atoms with E-state index in [4.69, 9.17) is 0 Å². The molecule has 0 amide bonds. The Morgan fingerprint density at radius 2 is 2.00 bits per heavy atom. The molecule has 0 spiro atoms. The second-order valence-corrected chi connectivity index (χ2v) is 3.41. The highest BCUT2D eigenvalue weighted by Crippen LogP contribution is 2.19. The smallest absolute Gasteiger partial charge is 0.198 e. The van der Waals surface area contributed by atoms with Crippen LogP contribution in [0.2, 0.25) is 0 Å². The van der Waals surface area contributed by atoms with Crippen molar-refractivity contribution >= 4 is 5.78 Å². The van der Waals surface area contributed by atoms with E-state index in [1.165, 1.54) is 6.07 Å². The molecule has 0 saturated heterocycles. The Bertz CT molecular complexity index is 500. The van der Waals surface area contributed by atoms with Crippen LogP contribution in [0.4, 0.5) is 0 Å². The van der Waals surface area contributed by atoms with Crippen molar-refractivity contribution in [3.63, 3.8) is 0 Å². The van der Waals surface area contributed by atoms with E-state index < -0.39 is 0 Å². The summed E-state index contributed by atoms with van der Waals surface area (Å²) in [5.74, 6) is -0.139. The summed E-state index contributed by atoms with van der Waals surface area (Å²) >= 11 is 0. The minimum absolute atomic E-state index is 0.0198. The maximum absolute atomic E-state index is 11.9. The number of para-hydroxylation sites is 1. The summed E-state index contributed by atoms with van der Waals surface area (Å²) in [5, 5.41) is 9.52. The van der Waals surface area contributed by atoms with Crippen LogP contribution in [0.15, 0.2) is 42.7 Å². The number of rotatable bonds is 2. The van der Waals surface area contributed by atoms with E-state index in [2.05, 4.69) is 0 Å². The third kappa shape index (κ3) is 1.76. The Kier molecular flexibility index (Phi) is 2.29. The molecule has 0 aliphatic carbocycles. The van der Waals surface area contributed by atoms with Gasteiger partial charge in [-0.3, -0.25) is 4.79 Å². The summed E-state index contributed by atoms with van der Waals surface area (Å²) in [6, 6.07) is 8.28. The zero-order valence-electron chi connectivity index (χ0n) is 8.34. The molecule has 0 aliphatic rings. The second kappa shape index (κ2) is 3.61. The number of aromatic nitrogens is 1. The van der Waals surface area contributed by atoms with Crippen LogP contribution in [0.3, 0.4) is 0 Å². The lowest BCUT2D eigenvalue weighted by Gasteiger charge is -2.00. The monoisotopic (exact) mass is 201 g/mol. The van der Waals surface area contributed by atoms with Crippen molar-refractivity contribution in [3.05, 3.63) is 53.9 Å². The van der Waals surface area contributed by atoms with E-state index >= 15 is 0 Å². The molecule has 15 heavy (non-hydrogen) atoms. The number of carbonyl (C=O) groups is 1. The first kappa shape index (κ1) is 9.52. The summed E-state index contributed by atoms with van der Waals surface area (Å²) in [6.45, 7) is 0. The maximum atomic E-state index is 11.9. The topological polar surface area (TPSA) is 42.2 Å². The molecule has 1 N–H and O–H groups in total. The molecule has 1 aromatic heterocycles. The minimum Gasteiger partial charge on any atom is -0.507 e. The van der Waals surface area contributed by atoms with Crippen molar-refractivity contribution in [3.8, 4) is 5.75 Å². The molecular weight excluding hydrogens is 190 g/mol. The summed E-state index contributed by atoms with van der Waals surface area (Å²) in [6.07, 6.45) is 3.53. The molecule has 0 fully saturated rings. The normalized spacial score (nSPS) is 10.2. The fourth-order valence-electron chi connectivity index (χ4n) is 1.46. The van der Waals surface area contributed by atoms with Crippen molar-refractivity contribution in [2.75, 3.05) is 0 Å². The Balaban J connectivity index is 2.41. The average Bonchev–Trinajstić information content (AvgIpc) is 2.65. The second-order valence-electron chi connectivity index (χ2n) is 3.41. The van der Waals surface area contributed by atoms with Gasteiger partial charge in [-0.2, -0.15) is 0 Å². The molecule has 3 heteroatoms. The molecule has 0 radical (unpaired) electrons.